The van der Waals surface area contributed by atoms with Gasteiger partial charge in [-0.1, -0.05) is 45.0 Å². The molecule has 1 aromatic carbocycles. The summed E-state index contributed by atoms with van der Waals surface area (Å²) in [6.07, 6.45) is 3.35. The molecule has 4 rings (SSSR count). The van der Waals surface area contributed by atoms with Crippen molar-refractivity contribution < 1.29 is 4.79 Å². The van der Waals surface area contributed by atoms with Crippen molar-refractivity contribution in [1.29, 1.82) is 15.8 Å². The van der Waals surface area contributed by atoms with Gasteiger partial charge in [0.15, 0.2) is 0 Å². The monoisotopic (exact) mass is 411 g/mol. The van der Waals surface area contributed by atoms with Crippen molar-refractivity contribution in [2.45, 2.75) is 39.0 Å². The van der Waals surface area contributed by atoms with Crippen LogP contribution in [0.4, 0.5) is 5.69 Å². The van der Waals surface area contributed by atoms with E-state index in [-0.39, 0.29) is 28.5 Å². The summed E-state index contributed by atoms with van der Waals surface area (Å²) in [4.78, 5) is 15.6. The van der Waals surface area contributed by atoms with Gasteiger partial charge in [0.1, 0.15) is 11.5 Å². The maximum atomic E-state index is 14.1. The SMILES string of the molecule is CN1C(=O)[C@]2(c3ccccc31)[C@H]1C[C@H](C(C)(C)C)CC=C1C(C#N)=C(N)C2(C#N)C#N. The highest BCUT2D eigenvalue weighted by Crippen LogP contribution is 2.65. The molecule has 1 spiro atoms. The number of nitrogens with two attached hydrogens (primary N) is 1. The lowest BCUT2D eigenvalue weighted by Crippen LogP contribution is -2.61. The number of carbonyl (C=O) groups is 1. The molecule has 156 valence electrons. The van der Waals surface area contributed by atoms with Crippen molar-refractivity contribution in [2.24, 2.45) is 28.4 Å². The Balaban J connectivity index is 2.17. The second kappa shape index (κ2) is 6.47. The van der Waals surface area contributed by atoms with Gasteiger partial charge in [-0.2, -0.15) is 15.8 Å². The molecule has 0 unspecified atom stereocenters. The van der Waals surface area contributed by atoms with Gasteiger partial charge >= 0.3 is 0 Å². The Morgan fingerprint density at radius 2 is 1.81 bits per heavy atom. The lowest BCUT2D eigenvalue weighted by atomic mass is 9.46. The van der Waals surface area contributed by atoms with Crippen molar-refractivity contribution in [1.82, 2.24) is 0 Å². The van der Waals surface area contributed by atoms with Crippen molar-refractivity contribution >= 4 is 11.6 Å². The highest BCUT2D eigenvalue weighted by Gasteiger charge is 2.72. The van der Waals surface area contributed by atoms with Gasteiger partial charge in [0.2, 0.25) is 11.3 Å². The number of nitrogens with zero attached hydrogens (tertiary/aromatic N) is 4. The molecule has 1 amide bonds. The zero-order chi connectivity index (χ0) is 22.8. The number of amides is 1. The van der Waals surface area contributed by atoms with Gasteiger partial charge in [-0.05, 0) is 41.4 Å². The van der Waals surface area contributed by atoms with Gasteiger partial charge in [0.25, 0.3) is 0 Å². The largest absolute Gasteiger partial charge is 0.399 e. The number of rotatable bonds is 0. The molecule has 0 fully saturated rings. The van der Waals surface area contributed by atoms with Crippen LogP contribution in [0.15, 0.2) is 47.2 Å². The van der Waals surface area contributed by atoms with E-state index in [4.69, 9.17) is 5.73 Å². The van der Waals surface area contributed by atoms with Gasteiger partial charge in [0.05, 0.1) is 23.4 Å². The molecule has 0 radical (unpaired) electrons. The molecule has 0 saturated carbocycles. The van der Waals surface area contributed by atoms with E-state index in [0.717, 1.165) is 6.42 Å². The third-order valence-electron chi connectivity index (χ3n) is 7.60. The fraction of sp³-hybridized carbons (Fsp3) is 0.440. The number of fused-ring (bicyclic) bond motifs is 4. The highest BCUT2D eigenvalue weighted by molar-refractivity contribution is 6.10. The molecular formula is C25H25N5O. The van der Waals surface area contributed by atoms with Crippen LogP contribution in [0.2, 0.25) is 0 Å². The summed E-state index contributed by atoms with van der Waals surface area (Å²) in [6.45, 7) is 6.46. The highest BCUT2D eigenvalue weighted by atomic mass is 16.2. The Kier molecular flexibility index (Phi) is 4.32. The summed E-state index contributed by atoms with van der Waals surface area (Å²) in [5, 5.41) is 30.8. The van der Waals surface area contributed by atoms with Gasteiger partial charge < -0.3 is 10.6 Å². The molecular weight excluding hydrogens is 386 g/mol. The summed E-state index contributed by atoms with van der Waals surface area (Å²) in [6, 6.07) is 13.7. The lowest BCUT2D eigenvalue weighted by Gasteiger charge is -2.52. The number of para-hydroxylation sites is 1. The fourth-order valence-corrected chi connectivity index (χ4v) is 5.86. The Bertz CT molecular complexity index is 1170. The van der Waals surface area contributed by atoms with E-state index >= 15 is 0 Å². The third-order valence-corrected chi connectivity index (χ3v) is 7.60. The first-order valence-corrected chi connectivity index (χ1v) is 10.4. The van der Waals surface area contributed by atoms with E-state index in [2.05, 4.69) is 39.0 Å². The van der Waals surface area contributed by atoms with E-state index in [9.17, 15) is 20.6 Å². The van der Waals surface area contributed by atoms with Gasteiger partial charge in [-0.15, -0.1) is 0 Å². The second-order valence-electron chi connectivity index (χ2n) is 9.81. The minimum absolute atomic E-state index is 0.0439. The van der Waals surface area contributed by atoms with E-state index in [1.54, 1.807) is 7.05 Å². The molecule has 6 nitrogen and oxygen atoms in total. The Morgan fingerprint density at radius 1 is 1.16 bits per heavy atom. The van der Waals surface area contributed by atoms with E-state index in [1.807, 2.05) is 30.3 Å². The second-order valence-corrected chi connectivity index (χ2v) is 9.81. The van der Waals surface area contributed by atoms with Crippen LogP contribution in [0, 0.1) is 56.7 Å². The van der Waals surface area contributed by atoms with Crippen molar-refractivity contribution in [3.63, 3.8) is 0 Å². The smallest absolute Gasteiger partial charge is 0.241 e. The van der Waals surface area contributed by atoms with Crippen LogP contribution < -0.4 is 10.6 Å². The lowest BCUT2D eigenvalue weighted by molar-refractivity contribution is -0.127. The molecule has 3 atom stereocenters. The van der Waals surface area contributed by atoms with Crippen LogP contribution in [-0.2, 0) is 10.2 Å². The van der Waals surface area contributed by atoms with Crippen LogP contribution in [0.1, 0.15) is 39.2 Å². The molecule has 0 saturated heterocycles. The van der Waals surface area contributed by atoms with Crippen molar-refractivity contribution in [2.75, 3.05) is 11.9 Å². The summed E-state index contributed by atoms with van der Waals surface area (Å²) in [7, 11) is 1.67. The normalized spacial score (nSPS) is 28.9. The molecule has 1 aliphatic heterocycles. The Labute approximate surface area is 182 Å². The molecule has 1 aromatic rings. The van der Waals surface area contributed by atoms with Crippen LogP contribution in [0.25, 0.3) is 0 Å². The standard InChI is InChI=1S/C25H25N5O/c1-23(2,3)15-9-10-16-17(12-26)21(29)24(13-27,14-28)25(19(16)11-15)18-7-5-6-8-20(18)30(4)22(25)31/h5-8,10,15,19H,9,11,29H2,1-4H3/t15-,19+,25+/m1/s1. The molecule has 0 aromatic heterocycles. The van der Waals surface area contributed by atoms with Crippen LogP contribution in [-0.4, -0.2) is 13.0 Å². The van der Waals surface area contributed by atoms with E-state index < -0.39 is 16.7 Å². The van der Waals surface area contributed by atoms with Crippen LogP contribution >= 0.6 is 0 Å². The Morgan fingerprint density at radius 3 is 2.39 bits per heavy atom. The predicted molar refractivity (Wildman–Crippen MR) is 116 cm³/mol. The average Bonchev–Trinajstić information content (AvgIpc) is 2.98. The third kappa shape index (κ3) is 2.27. The first-order chi connectivity index (χ1) is 14.6. The summed E-state index contributed by atoms with van der Waals surface area (Å²) in [5.74, 6) is -0.592. The summed E-state index contributed by atoms with van der Waals surface area (Å²) < 4.78 is 0. The number of allylic oxidation sites excluding steroid dienone is 4. The number of hydrogen-bond acceptors (Lipinski definition) is 5. The minimum atomic E-state index is -1.97. The molecule has 1 heterocycles. The molecule has 3 aliphatic rings. The number of anilines is 1. The van der Waals surface area contributed by atoms with Gasteiger partial charge in [0, 0.05) is 18.7 Å². The minimum Gasteiger partial charge on any atom is -0.399 e. The molecule has 6 heteroatoms. The molecule has 31 heavy (non-hydrogen) atoms. The van der Waals surface area contributed by atoms with Crippen LogP contribution in [0.5, 0.6) is 0 Å². The fourth-order valence-electron chi connectivity index (χ4n) is 5.86. The maximum Gasteiger partial charge on any atom is 0.241 e. The predicted octanol–water partition coefficient (Wildman–Crippen LogP) is 3.68. The Hall–Kier alpha value is -3.56. The first kappa shape index (κ1) is 20.7. The van der Waals surface area contributed by atoms with E-state index in [0.29, 0.717) is 23.2 Å². The molecule has 0 bridgehead atoms. The summed E-state index contributed by atoms with van der Waals surface area (Å²) >= 11 is 0. The molecule has 2 N–H and O–H groups in total. The number of likely N-dealkylation sites (N-methyl/N-ethyl adjacent to an activating group) is 1. The quantitative estimate of drug-likeness (QED) is 0.698. The number of benzene rings is 1. The molecule has 2 aliphatic carbocycles. The van der Waals surface area contributed by atoms with Crippen LogP contribution in [0.3, 0.4) is 0 Å². The topological polar surface area (TPSA) is 118 Å². The number of carbonyl (C=O) groups excluding carboxylic acids is 1. The average molecular weight is 412 g/mol. The zero-order valence-electron chi connectivity index (χ0n) is 18.2. The first-order valence-electron chi connectivity index (χ1n) is 10.4. The van der Waals surface area contributed by atoms with Crippen molar-refractivity contribution in [3.8, 4) is 18.2 Å². The zero-order valence-corrected chi connectivity index (χ0v) is 18.2. The number of nitriles is 3. The van der Waals surface area contributed by atoms with E-state index in [1.165, 1.54) is 4.90 Å². The van der Waals surface area contributed by atoms with Crippen molar-refractivity contribution in [3.05, 3.63) is 52.7 Å². The van der Waals surface area contributed by atoms with Gasteiger partial charge in [-0.3, -0.25) is 4.79 Å². The number of hydrogen-bond donors (Lipinski definition) is 1. The van der Waals surface area contributed by atoms with Gasteiger partial charge in [-0.25, -0.2) is 0 Å². The summed E-state index contributed by atoms with van der Waals surface area (Å²) in [5.41, 5.74) is 4.98. The maximum absolute atomic E-state index is 14.1.